The second-order valence-corrected chi connectivity index (χ2v) is 6.86. The van der Waals surface area contributed by atoms with E-state index in [0.29, 0.717) is 24.3 Å². The third kappa shape index (κ3) is 4.88. The molecule has 0 atom stereocenters. The summed E-state index contributed by atoms with van der Waals surface area (Å²) >= 11 is 0. The van der Waals surface area contributed by atoms with Gasteiger partial charge in [0.1, 0.15) is 0 Å². The Bertz CT molecular complexity index is 804. The SMILES string of the molecule is CCCCCCNC(=O)Nc1cccc(C(=O)N2CCc3ccccc32)c1. The Morgan fingerprint density at radius 2 is 1.89 bits per heavy atom. The van der Waals surface area contributed by atoms with E-state index in [1.165, 1.54) is 18.4 Å². The average molecular weight is 365 g/mol. The van der Waals surface area contributed by atoms with Crippen LogP contribution in [0.1, 0.15) is 48.5 Å². The van der Waals surface area contributed by atoms with Crippen LogP contribution in [-0.4, -0.2) is 25.0 Å². The number of benzene rings is 2. The molecule has 3 amide bonds. The molecule has 1 heterocycles. The van der Waals surface area contributed by atoms with Gasteiger partial charge in [-0.3, -0.25) is 4.79 Å². The molecule has 0 aromatic heterocycles. The van der Waals surface area contributed by atoms with Crippen LogP contribution in [0.25, 0.3) is 0 Å². The second-order valence-electron chi connectivity index (χ2n) is 6.86. The maximum absolute atomic E-state index is 12.9. The van der Waals surface area contributed by atoms with Crippen molar-refractivity contribution >= 4 is 23.3 Å². The quantitative estimate of drug-likeness (QED) is 0.705. The molecular formula is C22H27N3O2. The highest BCUT2D eigenvalue weighted by Gasteiger charge is 2.25. The van der Waals surface area contributed by atoms with Crippen molar-refractivity contribution in [3.8, 4) is 0 Å². The van der Waals surface area contributed by atoms with Gasteiger partial charge in [0.2, 0.25) is 0 Å². The predicted octanol–water partition coefficient (Wildman–Crippen LogP) is 4.59. The van der Waals surface area contributed by atoms with Gasteiger partial charge in [0.25, 0.3) is 5.91 Å². The van der Waals surface area contributed by atoms with E-state index in [9.17, 15) is 9.59 Å². The van der Waals surface area contributed by atoms with Crippen LogP contribution in [0.5, 0.6) is 0 Å². The number of unbranched alkanes of at least 4 members (excludes halogenated alkanes) is 3. The average Bonchev–Trinajstić information content (AvgIpc) is 3.11. The van der Waals surface area contributed by atoms with Crippen molar-refractivity contribution in [1.29, 1.82) is 0 Å². The van der Waals surface area contributed by atoms with Crippen LogP contribution in [0.4, 0.5) is 16.2 Å². The third-order valence-electron chi connectivity index (χ3n) is 4.82. The normalized spacial score (nSPS) is 12.6. The van der Waals surface area contributed by atoms with Crippen LogP contribution in [0.2, 0.25) is 0 Å². The van der Waals surface area contributed by atoms with Crippen molar-refractivity contribution in [1.82, 2.24) is 5.32 Å². The monoisotopic (exact) mass is 365 g/mol. The first-order valence-electron chi connectivity index (χ1n) is 9.73. The zero-order valence-electron chi connectivity index (χ0n) is 15.8. The Labute approximate surface area is 160 Å². The summed E-state index contributed by atoms with van der Waals surface area (Å²) in [5, 5.41) is 5.68. The van der Waals surface area contributed by atoms with Gasteiger partial charge in [-0.2, -0.15) is 0 Å². The van der Waals surface area contributed by atoms with Gasteiger partial charge in [-0.05, 0) is 42.7 Å². The number of hydrogen-bond donors (Lipinski definition) is 2. The molecule has 5 nitrogen and oxygen atoms in total. The number of nitrogens with one attached hydrogen (secondary N) is 2. The number of fused-ring (bicyclic) bond motifs is 1. The highest BCUT2D eigenvalue weighted by molar-refractivity contribution is 6.08. The third-order valence-corrected chi connectivity index (χ3v) is 4.82. The molecule has 142 valence electrons. The minimum absolute atomic E-state index is 0.0384. The van der Waals surface area contributed by atoms with E-state index in [0.717, 1.165) is 24.9 Å². The molecule has 0 unspecified atom stereocenters. The van der Waals surface area contributed by atoms with Crippen LogP contribution in [0, 0.1) is 0 Å². The Balaban J connectivity index is 1.59. The van der Waals surface area contributed by atoms with Crippen molar-refractivity contribution in [3.63, 3.8) is 0 Å². The number of nitrogens with zero attached hydrogens (tertiary/aromatic N) is 1. The van der Waals surface area contributed by atoms with E-state index in [1.54, 1.807) is 24.3 Å². The van der Waals surface area contributed by atoms with E-state index in [1.807, 2.05) is 23.1 Å². The summed E-state index contributed by atoms with van der Waals surface area (Å²) in [6.07, 6.45) is 5.34. The number of carbonyl (C=O) groups is 2. The zero-order valence-corrected chi connectivity index (χ0v) is 15.8. The largest absolute Gasteiger partial charge is 0.338 e. The summed E-state index contributed by atoms with van der Waals surface area (Å²) in [5.74, 6) is -0.0384. The first-order chi connectivity index (χ1) is 13.2. The van der Waals surface area contributed by atoms with Crippen molar-refractivity contribution in [2.75, 3.05) is 23.3 Å². The van der Waals surface area contributed by atoms with Crippen LogP contribution in [0.3, 0.4) is 0 Å². The fourth-order valence-electron chi connectivity index (χ4n) is 3.36. The molecule has 1 aliphatic rings. The molecule has 1 aliphatic heterocycles. The maximum Gasteiger partial charge on any atom is 0.319 e. The molecule has 2 aromatic carbocycles. The highest BCUT2D eigenvalue weighted by Crippen LogP contribution is 2.29. The molecule has 0 radical (unpaired) electrons. The van der Waals surface area contributed by atoms with Gasteiger partial charge in [0.05, 0.1) is 0 Å². The summed E-state index contributed by atoms with van der Waals surface area (Å²) in [7, 11) is 0. The van der Waals surface area contributed by atoms with Gasteiger partial charge in [-0.25, -0.2) is 4.79 Å². The Morgan fingerprint density at radius 1 is 1.04 bits per heavy atom. The van der Waals surface area contributed by atoms with Crippen molar-refractivity contribution in [3.05, 3.63) is 59.7 Å². The minimum Gasteiger partial charge on any atom is -0.338 e. The number of urea groups is 1. The summed E-state index contributed by atoms with van der Waals surface area (Å²) < 4.78 is 0. The minimum atomic E-state index is -0.234. The molecule has 5 heteroatoms. The summed E-state index contributed by atoms with van der Waals surface area (Å²) in [4.78, 5) is 26.8. The topological polar surface area (TPSA) is 61.4 Å². The first-order valence-corrected chi connectivity index (χ1v) is 9.73. The molecule has 27 heavy (non-hydrogen) atoms. The number of amides is 3. The van der Waals surface area contributed by atoms with E-state index >= 15 is 0 Å². The highest BCUT2D eigenvalue weighted by atomic mass is 16.2. The number of rotatable bonds is 7. The molecule has 0 spiro atoms. The predicted molar refractivity (Wildman–Crippen MR) is 109 cm³/mol. The van der Waals surface area contributed by atoms with Gasteiger partial charge in [-0.15, -0.1) is 0 Å². The summed E-state index contributed by atoms with van der Waals surface area (Å²) in [6.45, 7) is 3.51. The van der Waals surface area contributed by atoms with Gasteiger partial charge in [0, 0.05) is 30.0 Å². The fraction of sp³-hybridized carbons (Fsp3) is 0.364. The van der Waals surface area contributed by atoms with Gasteiger partial charge >= 0.3 is 6.03 Å². The lowest BCUT2D eigenvalue weighted by atomic mass is 10.1. The number of carbonyl (C=O) groups excluding carboxylic acids is 2. The molecule has 0 aliphatic carbocycles. The molecule has 2 N–H and O–H groups in total. The molecule has 0 saturated heterocycles. The summed E-state index contributed by atoms with van der Waals surface area (Å²) in [5.41, 5.74) is 3.38. The molecule has 3 rings (SSSR count). The lowest BCUT2D eigenvalue weighted by Gasteiger charge is -2.18. The van der Waals surface area contributed by atoms with Crippen molar-refractivity contribution < 1.29 is 9.59 Å². The maximum atomic E-state index is 12.9. The zero-order chi connectivity index (χ0) is 19.1. The van der Waals surface area contributed by atoms with Gasteiger partial charge in [0.15, 0.2) is 0 Å². The van der Waals surface area contributed by atoms with Crippen molar-refractivity contribution in [2.24, 2.45) is 0 Å². The molecule has 0 bridgehead atoms. The number of hydrogen-bond acceptors (Lipinski definition) is 2. The Morgan fingerprint density at radius 3 is 2.74 bits per heavy atom. The Hall–Kier alpha value is -2.82. The molecular weight excluding hydrogens is 338 g/mol. The number of para-hydroxylation sites is 1. The summed E-state index contributed by atoms with van der Waals surface area (Å²) in [6, 6.07) is 14.9. The Kier molecular flexibility index (Phi) is 6.47. The van der Waals surface area contributed by atoms with E-state index in [-0.39, 0.29) is 11.9 Å². The van der Waals surface area contributed by atoms with Gasteiger partial charge < -0.3 is 15.5 Å². The standard InChI is InChI=1S/C22H27N3O2/c1-2-3-4-7-14-23-22(27)24-19-11-8-10-18(16-19)21(26)25-15-13-17-9-5-6-12-20(17)25/h5-6,8-12,16H,2-4,7,13-15H2,1H3,(H2,23,24,27). The fourth-order valence-corrected chi connectivity index (χ4v) is 3.36. The van der Waals surface area contributed by atoms with Crippen LogP contribution < -0.4 is 15.5 Å². The first kappa shape index (κ1) is 19.0. The van der Waals surface area contributed by atoms with Gasteiger partial charge in [-0.1, -0.05) is 50.5 Å². The van der Waals surface area contributed by atoms with Crippen LogP contribution in [-0.2, 0) is 6.42 Å². The van der Waals surface area contributed by atoms with E-state index in [2.05, 4.69) is 23.6 Å². The lowest BCUT2D eigenvalue weighted by Crippen LogP contribution is -2.30. The lowest BCUT2D eigenvalue weighted by molar-refractivity contribution is 0.0989. The second kappa shape index (κ2) is 9.21. The van der Waals surface area contributed by atoms with Crippen molar-refractivity contribution in [2.45, 2.75) is 39.0 Å². The smallest absolute Gasteiger partial charge is 0.319 e. The molecule has 0 saturated carbocycles. The van der Waals surface area contributed by atoms with E-state index < -0.39 is 0 Å². The van der Waals surface area contributed by atoms with E-state index in [4.69, 9.17) is 0 Å². The number of anilines is 2. The van der Waals surface area contributed by atoms with Crippen LogP contribution in [0.15, 0.2) is 48.5 Å². The van der Waals surface area contributed by atoms with Crippen LogP contribution >= 0.6 is 0 Å². The molecule has 2 aromatic rings. The molecule has 0 fully saturated rings.